The zero-order valence-corrected chi connectivity index (χ0v) is 12.3. The molecule has 0 aromatic heterocycles. The average Bonchev–Trinajstić information content (AvgIpc) is 2.26. The first-order valence-corrected chi connectivity index (χ1v) is 8.45. The van der Waals surface area contributed by atoms with Crippen LogP contribution in [-0.2, 0) is 10.0 Å². The van der Waals surface area contributed by atoms with Crippen molar-refractivity contribution < 1.29 is 21.6 Å². The fourth-order valence-corrected chi connectivity index (χ4v) is 4.24. The van der Waals surface area contributed by atoms with Crippen LogP contribution in [0.1, 0.15) is 32.6 Å². The van der Waals surface area contributed by atoms with Crippen LogP contribution in [0.25, 0.3) is 0 Å². The third-order valence-electron chi connectivity index (χ3n) is 3.25. The minimum atomic E-state index is -4.24. The van der Waals surface area contributed by atoms with Gasteiger partial charge < -0.3 is 0 Å². The van der Waals surface area contributed by atoms with Crippen LogP contribution in [0, 0.1) is 11.8 Å². The standard InChI is InChI=1S/C11H19ClF3NO2S/c1-8(6-12)7-19(17,18)16-10-4-2-3-9(5-10)11(13,14)15/h8-10,16H,2-7H2,1H3. The van der Waals surface area contributed by atoms with E-state index in [-0.39, 0.29) is 30.4 Å². The maximum Gasteiger partial charge on any atom is 0.391 e. The van der Waals surface area contributed by atoms with Gasteiger partial charge in [0.15, 0.2) is 0 Å². The van der Waals surface area contributed by atoms with Crippen LogP contribution in [0.4, 0.5) is 13.2 Å². The molecule has 0 saturated heterocycles. The highest BCUT2D eigenvalue weighted by Crippen LogP contribution is 2.37. The number of hydrogen-bond acceptors (Lipinski definition) is 2. The van der Waals surface area contributed by atoms with Crippen molar-refractivity contribution in [3.05, 3.63) is 0 Å². The van der Waals surface area contributed by atoms with Crippen LogP contribution < -0.4 is 4.72 Å². The van der Waals surface area contributed by atoms with Gasteiger partial charge >= 0.3 is 6.18 Å². The van der Waals surface area contributed by atoms with Gasteiger partial charge in [0.2, 0.25) is 10.0 Å². The van der Waals surface area contributed by atoms with Gasteiger partial charge in [-0.3, -0.25) is 0 Å². The molecule has 0 aliphatic heterocycles. The summed E-state index contributed by atoms with van der Waals surface area (Å²) in [5.74, 6) is -1.57. The molecule has 0 bridgehead atoms. The Morgan fingerprint density at radius 3 is 2.53 bits per heavy atom. The second kappa shape index (κ2) is 6.63. The number of sulfonamides is 1. The van der Waals surface area contributed by atoms with Gasteiger partial charge in [-0.1, -0.05) is 13.3 Å². The summed E-state index contributed by atoms with van der Waals surface area (Å²) in [6.07, 6.45) is -3.48. The van der Waals surface area contributed by atoms with Gasteiger partial charge in [-0.05, 0) is 25.2 Å². The molecule has 19 heavy (non-hydrogen) atoms. The first kappa shape index (κ1) is 17.0. The fourth-order valence-electron chi connectivity index (χ4n) is 2.32. The Labute approximate surface area is 116 Å². The van der Waals surface area contributed by atoms with Crippen molar-refractivity contribution in [2.45, 2.75) is 44.8 Å². The van der Waals surface area contributed by atoms with Crippen molar-refractivity contribution in [2.75, 3.05) is 11.6 Å². The molecule has 1 rings (SSSR count). The highest BCUT2D eigenvalue weighted by molar-refractivity contribution is 7.89. The Hall–Kier alpha value is -0.0100. The zero-order valence-electron chi connectivity index (χ0n) is 10.7. The van der Waals surface area contributed by atoms with Crippen LogP contribution in [0.3, 0.4) is 0 Å². The Bertz CT molecular complexity index is 386. The van der Waals surface area contributed by atoms with E-state index in [2.05, 4.69) is 4.72 Å². The highest BCUT2D eigenvalue weighted by atomic mass is 35.5. The van der Waals surface area contributed by atoms with Crippen LogP contribution in [0.5, 0.6) is 0 Å². The van der Waals surface area contributed by atoms with Crippen LogP contribution >= 0.6 is 11.6 Å². The van der Waals surface area contributed by atoms with E-state index >= 15 is 0 Å². The zero-order chi connectivity index (χ0) is 14.7. The molecule has 0 radical (unpaired) electrons. The number of nitrogens with one attached hydrogen (secondary N) is 1. The number of halogens is 4. The largest absolute Gasteiger partial charge is 0.391 e. The van der Waals surface area contributed by atoms with E-state index < -0.39 is 28.2 Å². The second-order valence-corrected chi connectivity index (χ2v) is 7.37. The Kier molecular flexibility index (Phi) is 5.95. The second-order valence-electron chi connectivity index (χ2n) is 5.26. The summed E-state index contributed by atoms with van der Waals surface area (Å²) in [5, 5.41) is 0. The van der Waals surface area contributed by atoms with E-state index in [0.29, 0.717) is 12.8 Å². The molecule has 3 nitrogen and oxygen atoms in total. The summed E-state index contributed by atoms with van der Waals surface area (Å²) in [5.41, 5.74) is 0. The maximum atomic E-state index is 12.6. The van der Waals surface area contributed by atoms with Crippen molar-refractivity contribution in [3.8, 4) is 0 Å². The van der Waals surface area contributed by atoms with Crippen molar-refractivity contribution in [3.63, 3.8) is 0 Å². The van der Waals surface area contributed by atoms with Crippen LogP contribution in [-0.4, -0.2) is 32.3 Å². The number of hydrogen-bond donors (Lipinski definition) is 1. The topological polar surface area (TPSA) is 46.2 Å². The Morgan fingerprint density at radius 1 is 1.37 bits per heavy atom. The molecule has 0 spiro atoms. The molecule has 3 unspecified atom stereocenters. The van der Waals surface area contributed by atoms with E-state index in [1.165, 1.54) is 0 Å². The van der Waals surface area contributed by atoms with Crippen LogP contribution in [0.2, 0.25) is 0 Å². The maximum absolute atomic E-state index is 12.6. The van der Waals surface area contributed by atoms with Crippen molar-refractivity contribution >= 4 is 21.6 Å². The van der Waals surface area contributed by atoms with E-state index in [0.717, 1.165) is 0 Å². The summed E-state index contributed by atoms with van der Waals surface area (Å²) >= 11 is 5.54. The van der Waals surface area contributed by atoms with Gasteiger partial charge in [0.05, 0.1) is 11.7 Å². The normalized spacial score (nSPS) is 27.2. The Balaban J connectivity index is 2.57. The van der Waals surface area contributed by atoms with Gasteiger partial charge in [0, 0.05) is 11.9 Å². The molecule has 114 valence electrons. The third-order valence-corrected chi connectivity index (χ3v) is 5.48. The summed E-state index contributed by atoms with van der Waals surface area (Å²) in [6, 6.07) is -0.618. The molecule has 1 fully saturated rings. The lowest BCUT2D eigenvalue weighted by Crippen LogP contribution is -2.43. The molecule has 0 heterocycles. The molecule has 8 heteroatoms. The van der Waals surface area contributed by atoms with Gasteiger partial charge in [0.25, 0.3) is 0 Å². The molecular formula is C11H19ClF3NO2S. The SMILES string of the molecule is CC(CCl)CS(=O)(=O)NC1CCCC(C(F)(F)F)C1. The predicted octanol–water partition coefficient (Wildman–Crippen LogP) is 2.90. The first-order valence-electron chi connectivity index (χ1n) is 6.26. The molecule has 0 aromatic carbocycles. The smallest absolute Gasteiger partial charge is 0.212 e. The molecule has 3 atom stereocenters. The molecule has 1 aliphatic rings. The van der Waals surface area contributed by atoms with Crippen molar-refractivity contribution in [1.82, 2.24) is 4.72 Å². The lowest BCUT2D eigenvalue weighted by Gasteiger charge is -2.31. The van der Waals surface area contributed by atoms with Crippen molar-refractivity contribution in [2.24, 2.45) is 11.8 Å². The van der Waals surface area contributed by atoms with Gasteiger partial charge in [-0.2, -0.15) is 13.2 Å². The highest BCUT2D eigenvalue weighted by Gasteiger charge is 2.42. The van der Waals surface area contributed by atoms with E-state index in [4.69, 9.17) is 11.6 Å². The first-order chi connectivity index (χ1) is 8.64. The predicted molar refractivity (Wildman–Crippen MR) is 68.6 cm³/mol. The minimum absolute atomic E-state index is 0.0831. The summed E-state index contributed by atoms with van der Waals surface area (Å²) in [7, 11) is -3.56. The molecule has 0 amide bonds. The van der Waals surface area contributed by atoms with E-state index in [1.54, 1.807) is 6.92 Å². The molecule has 1 saturated carbocycles. The monoisotopic (exact) mass is 321 g/mol. The molecule has 0 aromatic rings. The average molecular weight is 322 g/mol. The van der Waals surface area contributed by atoms with Gasteiger partial charge in [-0.15, -0.1) is 11.6 Å². The van der Waals surface area contributed by atoms with Gasteiger partial charge in [-0.25, -0.2) is 13.1 Å². The molecule has 1 N–H and O–H groups in total. The number of rotatable bonds is 5. The van der Waals surface area contributed by atoms with Crippen LogP contribution in [0.15, 0.2) is 0 Å². The van der Waals surface area contributed by atoms with E-state index in [9.17, 15) is 21.6 Å². The quantitative estimate of drug-likeness (QED) is 0.791. The Morgan fingerprint density at radius 2 is 2.00 bits per heavy atom. The fraction of sp³-hybridized carbons (Fsp3) is 1.00. The number of alkyl halides is 4. The summed E-state index contributed by atoms with van der Waals surface area (Å²) < 4.78 is 63.8. The lowest BCUT2D eigenvalue weighted by atomic mass is 9.86. The lowest BCUT2D eigenvalue weighted by molar-refractivity contribution is -0.183. The molecule has 1 aliphatic carbocycles. The summed E-state index contributed by atoms with van der Waals surface area (Å²) in [6.45, 7) is 1.69. The molecular weight excluding hydrogens is 303 g/mol. The summed E-state index contributed by atoms with van der Waals surface area (Å²) in [4.78, 5) is 0. The van der Waals surface area contributed by atoms with Crippen molar-refractivity contribution in [1.29, 1.82) is 0 Å². The van der Waals surface area contributed by atoms with E-state index in [1.807, 2.05) is 0 Å². The minimum Gasteiger partial charge on any atom is -0.212 e. The third kappa shape index (κ3) is 5.87. The van der Waals surface area contributed by atoms with Gasteiger partial charge in [0.1, 0.15) is 0 Å².